The fraction of sp³-hybridized carbons (Fsp3) is 0.333. The smallest absolute Gasteiger partial charge is 0.318 e. The molecule has 17 heavy (non-hydrogen) atoms. The van der Waals surface area contributed by atoms with Crippen LogP contribution in [-0.4, -0.2) is 30.4 Å². The lowest BCUT2D eigenvalue weighted by Gasteiger charge is -2.16. The van der Waals surface area contributed by atoms with Crippen molar-refractivity contribution in [3.05, 3.63) is 27.7 Å². The summed E-state index contributed by atoms with van der Waals surface area (Å²) in [5.74, 6) is -0.182. The second-order valence-corrected chi connectivity index (χ2v) is 5.05. The highest BCUT2D eigenvalue weighted by Gasteiger charge is 2.34. The number of benzene rings is 1. The van der Waals surface area contributed by atoms with Crippen molar-refractivity contribution in [3.8, 4) is 0 Å². The zero-order chi connectivity index (χ0) is 12.7. The number of rotatable bonds is 1. The van der Waals surface area contributed by atoms with Gasteiger partial charge in [-0.15, -0.1) is 0 Å². The molecule has 0 aromatic heterocycles. The van der Waals surface area contributed by atoms with Crippen molar-refractivity contribution in [2.75, 3.05) is 18.5 Å². The summed E-state index contributed by atoms with van der Waals surface area (Å²) in [4.78, 5) is 26.2. The van der Waals surface area contributed by atoms with Gasteiger partial charge in [0.25, 0.3) is 5.91 Å². The Morgan fingerprint density at radius 3 is 2.12 bits per heavy atom. The molecule has 0 radical (unpaired) electrons. The maximum atomic E-state index is 11.8. The minimum absolute atomic E-state index is 0.146. The van der Waals surface area contributed by atoms with Gasteiger partial charge < -0.3 is 4.90 Å². The van der Waals surface area contributed by atoms with Crippen molar-refractivity contribution in [2.45, 2.75) is 13.8 Å². The lowest BCUT2D eigenvalue weighted by atomic mass is 10.1. The third-order valence-corrected chi connectivity index (χ3v) is 4.07. The number of likely N-dealkylation sites (N-methyl/N-ethyl adjacent to an activating group) is 1. The molecule has 0 unspecified atom stereocenters. The summed E-state index contributed by atoms with van der Waals surface area (Å²) in [5, 5.41) is 0. The zero-order valence-corrected chi connectivity index (χ0v) is 11.5. The van der Waals surface area contributed by atoms with Crippen LogP contribution in [0.2, 0.25) is 0 Å². The number of nitrogens with zero attached hydrogens (tertiary/aromatic N) is 2. The molecule has 3 amide bonds. The molecule has 0 aliphatic carbocycles. The van der Waals surface area contributed by atoms with Gasteiger partial charge in [0.1, 0.15) is 6.54 Å². The van der Waals surface area contributed by atoms with E-state index in [9.17, 15) is 9.59 Å². The molecule has 5 heteroatoms. The first kappa shape index (κ1) is 12.1. The molecule has 4 nitrogen and oxygen atoms in total. The quantitative estimate of drug-likeness (QED) is 0.747. The lowest BCUT2D eigenvalue weighted by Crippen LogP contribution is -2.31. The van der Waals surface area contributed by atoms with Crippen LogP contribution in [0.15, 0.2) is 16.6 Å². The van der Waals surface area contributed by atoms with Crippen molar-refractivity contribution in [3.63, 3.8) is 0 Å². The lowest BCUT2D eigenvalue weighted by molar-refractivity contribution is -0.116. The van der Waals surface area contributed by atoms with Crippen LogP contribution >= 0.6 is 15.9 Å². The van der Waals surface area contributed by atoms with E-state index < -0.39 is 0 Å². The fourth-order valence-electron chi connectivity index (χ4n) is 1.93. The molecule has 1 aromatic rings. The van der Waals surface area contributed by atoms with Gasteiger partial charge in [-0.2, -0.15) is 0 Å². The molecule has 0 bridgehead atoms. The highest BCUT2D eigenvalue weighted by Crippen LogP contribution is 2.29. The zero-order valence-electron chi connectivity index (χ0n) is 9.95. The average Bonchev–Trinajstić information content (AvgIpc) is 2.49. The Balaban J connectivity index is 2.48. The summed E-state index contributed by atoms with van der Waals surface area (Å²) >= 11 is 3.47. The monoisotopic (exact) mass is 296 g/mol. The maximum absolute atomic E-state index is 11.8. The van der Waals surface area contributed by atoms with Crippen molar-refractivity contribution in [1.29, 1.82) is 0 Å². The summed E-state index contributed by atoms with van der Waals surface area (Å²) in [5.41, 5.74) is 2.66. The van der Waals surface area contributed by atoms with Crippen molar-refractivity contribution in [2.24, 2.45) is 0 Å². The minimum atomic E-state index is -0.267. The molecule has 2 rings (SSSR count). The van der Waals surface area contributed by atoms with Crippen LogP contribution < -0.4 is 4.90 Å². The van der Waals surface area contributed by atoms with Crippen LogP contribution in [0.1, 0.15) is 11.1 Å². The van der Waals surface area contributed by atoms with E-state index in [1.54, 1.807) is 7.05 Å². The van der Waals surface area contributed by atoms with Crippen molar-refractivity contribution >= 4 is 33.6 Å². The molecule has 0 saturated carbocycles. The Morgan fingerprint density at radius 1 is 1.18 bits per heavy atom. The molecule has 1 aromatic carbocycles. The second-order valence-electron chi connectivity index (χ2n) is 4.26. The van der Waals surface area contributed by atoms with Crippen LogP contribution in [-0.2, 0) is 4.79 Å². The van der Waals surface area contributed by atoms with E-state index >= 15 is 0 Å². The number of imide groups is 1. The van der Waals surface area contributed by atoms with E-state index in [0.717, 1.165) is 15.6 Å². The standard InChI is InChI=1S/C12H13BrN2O2/c1-7-4-9(5-8(2)11(7)13)15-10(16)6-14(3)12(15)17/h4-5H,6H2,1-3H3. The summed E-state index contributed by atoms with van der Waals surface area (Å²) in [7, 11) is 1.62. The predicted molar refractivity (Wildman–Crippen MR) is 69.1 cm³/mol. The van der Waals surface area contributed by atoms with E-state index in [-0.39, 0.29) is 18.5 Å². The first-order chi connectivity index (χ1) is 7.91. The van der Waals surface area contributed by atoms with Crippen LogP contribution in [0, 0.1) is 13.8 Å². The number of halogens is 1. The molecule has 1 heterocycles. The molecule has 1 aliphatic heterocycles. The van der Waals surface area contributed by atoms with Crippen LogP contribution in [0.4, 0.5) is 10.5 Å². The summed E-state index contributed by atoms with van der Waals surface area (Å²) in [6.45, 7) is 4.03. The molecule has 0 N–H and O–H groups in total. The van der Waals surface area contributed by atoms with Gasteiger partial charge in [0.15, 0.2) is 0 Å². The molecule has 0 atom stereocenters. The third-order valence-electron chi connectivity index (χ3n) is 2.82. The van der Waals surface area contributed by atoms with Gasteiger partial charge in [-0.1, -0.05) is 15.9 Å². The largest absolute Gasteiger partial charge is 0.331 e. The van der Waals surface area contributed by atoms with E-state index in [4.69, 9.17) is 0 Å². The van der Waals surface area contributed by atoms with Gasteiger partial charge in [0.2, 0.25) is 0 Å². The number of urea groups is 1. The molecule has 1 aliphatic rings. The summed E-state index contributed by atoms with van der Waals surface area (Å²) in [6.07, 6.45) is 0. The SMILES string of the molecule is Cc1cc(N2C(=O)CN(C)C2=O)cc(C)c1Br. The highest BCUT2D eigenvalue weighted by atomic mass is 79.9. The third kappa shape index (κ3) is 1.95. The first-order valence-corrected chi connectivity index (χ1v) is 6.06. The Morgan fingerprint density at radius 2 is 1.71 bits per heavy atom. The van der Waals surface area contributed by atoms with Gasteiger partial charge in [0.05, 0.1) is 5.69 Å². The van der Waals surface area contributed by atoms with E-state index in [1.807, 2.05) is 26.0 Å². The molecular formula is C12H13BrN2O2. The Labute approximate surface area is 108 Å². The Kier molecular flexibility index (Phi) is 2.95. The molecule has 90 valence electrons. The Hall–Kier alpha value is -1.36. The normalized spacial score (nSPS) is 16.0. The predicted octanol–water partition coefficient (Wildman–Crippen LogP) is 2.46. The second kappa shape index (κ2) is 4.14. The topological polar surface area (TPSA) is 40.6 Å². The van der Waals surface area contributed by atoms with Gasteiger partial charge in [-0.3, -0.25) is 4.79 Å². The van der Waals surface area contributed by atoms with Crippen molar-refractivity contribution in [1.82, 2.24) is 4.90 Å². The number of aryl methyl sites for hydroxylation is 2. The van der Waals surface area contributed by atoms with Gasteiger partial charge in [-0.25, -0.2) is 9.69 Å². The summed E-state index contributed by atoms with van der Waals surface area (Å²) in [6, 6.07) is 3.41. The first-order valence-electron chi connectivity index (χ1n) is 5.26. The number of carbonyl (C=O) groups is 2. The molecular weight excluding hydrogens is 284 g/mol. The van der Waals surface area contributed by atoms with E-state index in [2.05, 4.69) is 15.9 Å². The number of hydrogen-bond acceptors (Lipinski definition) is 2. The van der Waals surface area contributed by atoms with Crippen molar-refractivity contribution < 1.29 is 9.59 Å². The van der Waals surface area contributed by atoms with E-state index in [1.165, 1.54) is 9.80 Å². The van der Waals surface area contributed by atoms with Crippen LogP contribution in [0.25, 0.3) is 0 Å². The average molecular weight is 297 g/mol. The number of anilines is 1. The van der Waals surface area contributed by atoms with Crippen LogP contribution in [0.5, 0.6) is 0 Å². The number of amides is 3. The van der Waals surface area contributed by atoms with Gasteiger partial charge in [-0.05, 0) is 37.1 Å². The van der Waals surface area contributed by atoms with Gasteiger partial charge >= 0.3 is 6.03 Å². The molecule has 0 spiro atoms. The fourth-order valence-corrected chi connectivity index (χ4v) is 2.15. The number of hydrogen-bond donors (Lipinski definition) is 0. The van der Waals surface area contributed by atoms with E-state index in [0.29, 0.717) is 5.69 Å². The number of carbonyl (C=O) groups excluding carboxylic acids is 2. The maximum Gasteiger partial charge on any atom is 0.331 e. The molecule has 1 fully saturated rings. The Bertz CT molecular complexity index is 490. The van der Waals surface area contributed by atoms with Gasteiger partial charge in [0, 0.05) is 11.5 Å². The highest BCUT2D eigenvalue weighted by molar-refractivity contribution is 9.10. The molecule has 1 saturated heterocycles. The summed E-state index contributed by atoms with van der Waals surface area (Å²) < 4.78 is 1.01. The van der Waals surface area contributed by atoms with Crippen LogP contribution in [0.3, 0.4) is 0 Å². The minimum Gasteiger partial charge on any atom is -0.318 e.